The number of rotatable bonds is 6. The monoisotopic (exact) mass is 327 g/mol. The van der Waals surface area contributed by atoms with Gasteiger partial charge in [0.2, 0.25) is 0 Å². The maximum atomic E-state index is 12.1. The molecule has 2 rings (SSSR count). The number of nitrogens with zero attached hydrogens (tertiary/aromatic N) is 2. The number of hydrogen-bond acceptors (Lipinski definition) is 2. The van der Waals surface area contributed by atoms with E-state index in [2.05, 4.69) is 25.6 Å². The number of guanidine groups is 1. The molecule has 0 amide bonds. The maximum absolute atomic E-state index is 12.1. The smallest absolute Gasteiger partial charge is 0.357 e. The van der Waals surface area contributed by atoms with E-state index < -0.39 is 12.6 Å². The first-order valence-corrected chi connectivity index (χ1v) is 7.50. The number of hydrogen-bond donors (Lipinski definition) is 3. The molecular weight excluding hydrogens is 307 g/mol. The van der Waals surface area contributed by atoms with Crippen molar-refractivity contribution in [2.45, 2.75) is 25.9 Å². The van der Waals surface area contributed by atoms with E-state index in [1.807, 2.05) is 31.2 Å². The van der Waals surface area contributed by atoms with Gasteiger partial charge in [-0.05, 0) is 19.1 Å². The van der Waals surface area contributed by atoms with Gasteiger partial charge >= 0.3 is 6.18 Å². The van der Waals surface area contributed by atoms with Crippen LogP contribution in [-0.2, 0) is 6.42 Å². The van der Waals surface area contributed by atoms with Crippen LogP contribution in [0.4, 0.5) is 13.2 Å². The second-order valence-electron chi connectivity index (χ2n) is 5.00. The number of benzene rings is 1. The molecular formula is C15H20F3N5. The van der Waals surface area contributed by atoms with Crippen molar-refractivity contribution < 1.29 is 13.2 Å². The molecule has 3 N–H and O–H groups in total. The Morgan fingerprint density at radius 2 is 2.04 bits per heavy atom. The van der Waals surface area contributed by atoms with Gasteiger partial charge in [-0.15, -0.1) is 0 Å². The Kier molecular flexibility index (Phi) is 5.84. The zero-order valence-electron chi connectivity index (χ0n) is 12.9. The summed E-state index contributed by atoms with van der Waals surface area (Å²) in [5.74, 6) is 1.21. The van der Waals surface area contributed by atoms with Gasteiger partial charge in [0.15, 0.2) is 5.96 Å². The lowest BCUT2D eigenvalue weighted by Crippen LogP contribution is -2.38. The minimum atomic E-state index is -4.19. The molecule has 1 heterocycles. The summed E-state index contributed by atoms with van der Waals surface area (Å²) < 4.78 is 36.4. The molecule has 0 atom stereocenters. The molecule has 1 aromatic carbocycles. The van der Waals surface area contributed by atoms with Gasteiger partial charge in [0.25, 0.3) is 0 Å². The third kappa shape index (κ3) is 5.80. The lowest BCUT2D eigenvalue weighted by molar-refractivity contribution is -0.132. The van der Waals surface area contributed by atoms with Crippen molar-refractivity contribution in [3.8, 4) is 0 Å². The molecule has 126 valence electrons. The molecule has 8 heteroatoms. The van der Waals surface area contributed by atoms with Gasteiger partial charge in [0.05, 0.1) is 24.0 Å². The second-order valence-corrected chi connectivity index (χ2v) is 5.00. The Bertz CT molecular complexity index is 615. The van der Waals surface area contributed by atoms with Crippen molar-refractivity contribution in [2.75, 3.05) is 19.6 Å². The van der Waals surface area contributed by atoms with Crippen LogP contribution in [-0.4, -0.2) is 41.7 Å². The lowest BCUT2D eigenvalue weighted by Gasteiger charge is -2.11. The highest BCUT2D eigenvalue weighted by Crippen LogP contribution is 2.18. The zero-order valence-corrected chi connectivity index (χ0v) is 12.9. The van der Waals surface area contributed by atoms with Crippen LogP contribution >= 0.6 is 0 Å². The Balaban J connectivity index is 1.84. The fraction of sp³-hybridized carbons (Fsp3) is 0.467. The Hall–Kier alpha value is -2.25. The molecule has 5 nitrogen and oxygen atoms in total. The quantitative estimate of drug-likeness (QED) is 0.564. The highest BCUT2D eigenvalue weighted by atomic mass is 19.4. The Morgan fingerprint density at radius 3 is 2.74 bits per heavy atom. The molecule has 0 aliphatic carbocycles. The van der Waals surface area contributed by atoms with Gasteiger partial charge in [0.1, 0.15) is 5.82 Å². The van der Waals surface area contributed by atoms with E-state index in [9.17, 15) is 13.2 Å². The van der Waals surface area contributed by atoms with Crippen LogP contribution in [0.1, 0.15) is 19.2 Å². The number of para-hydroxylation sites is 2. The van der Waals surface area contributed by atoms with Crippen molar-refractivity contribution in [1.82, 2.24) is 20.6 Å². The summed E-state index contributed by atoms with van der Waals surface area (Å²) in [4.78, 5) is 11.6. The van der Waals surface area contributed by atoms with E-state index in [1.54, 1.807) is 0 Å². The number of imidazole rings is 1. The van der Waals surface area contributed by atoms with E-state index in [0.29, 0.717) is 25.5 Å². The number of halogens is 3. The largest absolute Gasteiger partial charge is 0.390 e. The number of aliphatic imine (C=N–C) groups is 1. The van der Waals surface area contributed by atoms with Crippen LogP contribution in [0.15, 0.2) is 29.3 Å². The van der Waals surface area contributed by atoms with Crippen LogP contribution in [0.2, 0.25) is 0 Å². The molecule has 2 aromatic rings. The van der Waals surface area contributed by atoms with E-state index in [0.717, 1.165) is 16.9 Å². The van der Waals surface area contributed by atoms with Gasteiger partial charge < -0.3 is 15.6 Å². The number of aromatic nitrogens is 2. The lowest BCUT2D eigenvalue weighted by atomic mass is 10.3. The van der Waals surface area contributed by atoms with Crippen molar-refractivity contribution in [2.24, 2.45) is 4.99 Å². The molecule has 0 aliphatic heterocycles. The van der Waals surface area contributed by atoms with Gasteiger partial charge in [-0.25, -0.2) is 4.98 Å². The topological polar surface area (TPSA) is 65.1 Å². The number of nitrogens with one attached hydrogen (secondary N) is 3. The van der Waals surface area contributed by atoms with Crippen molar-refractivity contribution in [3.05, 3.63) is 30.1 Å². The first-order chi connectivity index (χ1) is 11.0. The summed E-state index contributed by atoms with van der Waals surface area (Å²) in [5.41, 5.74) is 1.86. The molecule has 0 fully saturated rings. The number of H-pyrrole nitrogens is 1. The number of alkyl halides is 3. The molecule has 0 spiro atoms. The maximum Gasteiger partial charge on any atom is 0.390 e. The van der Waals surface area contributed by atoms with E-state index in [4.69, 9.17) is 0 Å². The zero-order chi connectivity index (χ0) is 16.7. The third-order valence-electron chi connectivity index (χ3n) is 3.10. The van der Waals surface area contributed by atoms with E-state index in [-0.39, 0.29) is 6.54 Å². The third-order valence-corrected chi connectivity index (χ3v) is 3.10. The number of fused-ring (bicyclic) bond motifs is 1. The van der Waals surface area contributed by atoms with E-state index in [1.165, 1.54) is 0 Å². The number of aromatic amines is 1. The molecule has 0 saturated heterocycles. The predicted octanol–water partition coefficient (Wildman–Crippen LogP) is 2.61. The highest BCUT2D eigenvalue weighted by Gasteiger charge is 2.26. The summed E-state index contributed by atoms with van der Waals surface area (Å²) in [5, 5.41) is 5.93. The predicted molar refractivity (Wildman–Crippen MR) is 84.5 cm³/mol. The van der Waals surface area contributed by atoms with Crippen LogP contribution in [0.5, 0.6) is 0 Å². The second kappa shape index (κ2) is 7.85. The van der Waals surface area contributed by atoms with Gasteiger partial charge in [0, 0.05) is 19.5 Å². The molecule has 23 heavy (non-hydrogen) atoms. The van der Waals surface area contributed by atoms with Crippen LogP contribution in [0.3, 0.4) is 0 Å². The van der Waals surface area contributed by atoms with Crippen molar-refractivity contribution >= 4 is 17.0 Å². The molecule has 0 bridgehead atoms. The first kappa shape index (κ1) is 17.1. The van der Waals surface area contributed by atoms with Crippen molar-refractivity contribution in [3.63, 3.8) is 0 Å². The minimum Gasteiger partial charge on any atom is -0.357 e. The molecule has 0 unspecified atom stereocenters. The molecule has 0 radical (unpaired) electrons. The SMILES string of the molecule is CCNC(=NCCC(F)(F)F)NCCc1nc2ccccc2[nH]1. The average molecular weight is 327 g/mol. The standard InChI is InChI=1S/C15H20F3N5/c1-2-19-14(21-10-8-15(16,17)18)20-9-7-13-22-11-5-3-4-6-12(11)23-13/h3-6H,2,7-10H2,1H3,(H,22,23)(H2,19,20,21). The van der Waals surface area contributed by atoms with Gasteiger partial charge in [-0.1, -0.05) is 12.1 Å². The van der Waals surface area contributed by atoms with Gasteiger partial charge in [-0.3, -0.25) is 4.99 Å². The Labute approximate surface area is 132 Å². The molecule has 1 aromatic heterocycles. The van der Waals surface area contributed by atoms with Crippen molar-refractivity contribution in [1.29, 1.82) is 0 Å². The normalized spacial score (nSPS) is 12.6. The molecule has 0 aliphatic rings. The fourth-order valence-corrected chi connectivity index (χ4v) is 2.06. The summed E-state index contributed by atoms with van der Waals surface area (Å²) >= 11 is 0. The summed E-state index contributed by atoms with van der Waals surface area (Å²) in [6.07, 6.45) is -4.49. The Morgan fingerprint density at radius 1 is 1.26 bits per heavy atom. The highest BCUT2D eigenvalue weighted by molar-refractivity contribution is 5.79. The fourth-order valence-electron chi connectivity index (χ4n) is 2.06. The summed E-state index contributed by atoms with van der Waals surface area (Å²) in [6.45, 7) is 2.68. The average Bonchev–Trinajstić information content (AvgIpc) is 2.88. The minimum absolute atomic E-state index is 0.288. The van der Waals surface area contributed by atoms with Crippen LogP contribution in [0.25, 0.3) is 11.0 Å². The molecule has 0 saturated carbocycles. The summed E-state index contributed by atoms with van der Waals surface area (Å²) in [6, 6.07) is 7.72. The first-order valence-electron chi connectivity index (χ1n) is 7.50. The summed E-state index contributed by atoms with van der Waals surface area (Å²) in [7, 11) is 0. The van der Waals surface area contributed by atoms with Crippen LogP contribution in [0, 0.1) is 0 Å². The van der Waals surface area contributed by atoms with Gasteiger partial charge in [-0.2, -0.15) is 13.2 Å². The van der Waals surface area contributed by atoms with E-state index >= 15 is 0 Å². The van der Waals surface area contributed by atoms with Crippen LogP contribution < -0.4 is 10.6 Å².